The number of likely N-dealkylation sites (tertiary alicyclic amines) is 1. The van der Waals surface area contributed by atoms with Crippen LogP contribution in [0.1, 0.15) is 44.9 Å². The van der Waals surface area contributed by atoms with E-state index in [1.165, 1.54) is 32.2 Å². The van der Waals surface area contributed by atoms with Gasteiger partial charge in [-0.3, -0.25) is 9.69 Å². The van der Waals surface area contributed by atoms with Crippen molar-refractivity contribution < 1.29 is 4.79 Å². The second-order valence-electron chi connectivity index (χ2n) is 6.51. The molecule has 0 aromatic carbocycles. The molecule has 2 aliphatic heterocycles. The molecule has 0 aromatic rings. The Morgan fingerprint density at radius 1 is 1.16 bits per heavy atom. The summed E-state index contributed by atoms with van der Waals surface area (Å²) in [5.41, 5.74) is 0. The summed E-state index contributed by atoms with van der Waals surface area (Å²) in [4.78, 5) is 14.5. The number of hydrogen-bond acceptors (Lipinski definition) is 3. The molecule has 3 aliphatic rings. The van der Waals surface area contributed by atoms with Crippen molar-refractivity contribution in [2.24, 2.45) is 5.92 Å². The third-order valence-corrected chi connectivity index (χ3v) is 4.89. The van der Waals surface area contributed by atoms with Crippen LogP contribution in [-0.4, -0.2) is 49.1 Å². The Morgan fingerprint density at radius 2 is 1.95 bits per heavy atom. The molecule has 0 bridgehead atoms. The third kappa shape index (κ3) is 3.93. The van der Waals surface area contributed by atoms with Gasteiger partial charge in [-0.1, -0.05) is 0 Å². The fraction of sp³-hybridized carbons (Fsp3) is 0.933. The average Bonchev–Trinajstić information content (AvgIpc) is 3.19. The van der Waals surface area contributed by atoms with Gasteiger partial charge < -0.3 is 10.6 Å². The van der Waals surface area contributed by atoms with Crippen LogP contribution < -0.4 is 10.6 Å². The van der Waals surface area contributed by atoms with E-state index in [4.69, 9.17) is 0 Å². The maximum absolute atomic E-state index is 12.0. The first-order valence-electron chi connectivity index (χ1n) is 8.05. The van der Waals surface area contributed by atoms with Gasteiger partial charge in [0.15, 0.2) is 0 Å². The molecule has 1 saturated carbocycles. The summed E-state index contributed by atoms with van der Waals surface area (Å²) in [7, 11) is 0. The second kappa shape index (κ2) is 6.23. The minimum Gasteiger partial charge on any atom is -0.352 e. The SMILES string of the molecule is O=C(CCC1CCNCC1)NC1CCN(C2CC2)C1. The normalized spacial score (nSPS) is 29.6. The van der Waals surface area contributed by atoms with E-state index in [0.717, 1.165) is 50.9 Å². The Hall–Kier alpha value is -0.610. The third-order valence-electron chi connectivity index (χ3n) is 4.89. The van der Waals surface area contributed by atoms with E-state index in [-0.39, 0.29) is 5.91 Å². The molecule has 1 aliphatic carbocycles. The maximum Gasteiger partial charge on any atom is 0.220 e. The van der Waals surface area contributed by atoms with E-state index < -0.39 is 0 Å². The molecule has 0 aromatic heterocycles. The topological polar surface area (TPSA) is 44.4 Å². The molecule has 4 nitrogen and oxygen atoms in total. The van der Waals surface area contributed by atoms with Crippen molar-refractivity contribution in [2.75, 3.05) is 26.2 Å². The highest BCUT2D eigenvalue weighted by atomic mass is 16.1. The van der Waals surface area contributed by atoms with Crippen LogP contribution in [0.4, 0.5) is 0 Å². The molecular formula is C15H27N3O. The summed E-state index contributed by atoms with van der Waals surface area (Å²) in [5.74, 6) is 1.04. The summed E-state index contributed by atoms with van der Waals surface area (Å²) in [6, 6.07) is 1.26. The van der Waals surface area contributed by atoms with E-state index in [1.807, 2.05) is 0 Å². The summed E-state index contributed by atoms with van der Waals surface area (Å²) in [6.45, 7) is 4.53. The first-order chi connectivity index (χ1) is 9.31. The Bertz CT molecular complexity index is 311. The van der Waals surface area contributed by atoms with Crippen molar-refractivity contribution >= 4 is 5.91 Å². The van der Waals surface area contributed by atoms with E-state index in [0.29, 0.717) is 6.04 Å². The first-order valence-corrected chi connectivity index (χ1v) is 8.05. The second-order valence-corrected chi connectivity index (χ2v) is 6.51. The van der Waals surface area contributed by atoms with Crippen molar-refractivity contribution in [2.45, 2.75) is 57.0 Å². The van der Waals surface area contributed by atoms with E-state index >= 15 is 0 Å². The number of carbonyl (C=O) groups excluding carboxylic acids is 1. The highest BCUT2D eigenvalue weighted by molar-refractivity contribution is 5.76. The highest BCUT2D eigenvalue weighted by Crippen LogP contribution is 2.29. The van der Waals surface area contributed by atoms with Gasteiger partial charge >= 0.3 is 0 Å². The summed E-state index contributed by atoms with van der Waals surface area (Å²) in [6.07, 6.45) is 8.18. The Kier molecular flexibility index (Phi) is 4.38. The number of nitrogens with zero attached hydrogens (tertiary/aromatic N) is 1. The molecule has 1 atom stereocenters. The standard InChI is InChI=1S/C15H27N3O/c19-15(4-1-12-5-8-16-9-6-12)17-13-7-10-18(11-13)14-2-3-14/h12-14,16H,1-11H2,(H,17,19). The number of carbonyl (C=O) groups is 1. The molecule has 19 heavy (non-hydrogen) atoms. The monoisotopic (exact) mass is 265 g/mol. The molecule has 2 saturated heterocycles. The van der Waals surface area contributed by atoms with E-state index in [2.05, 4.69) is 15.5 Å². The Labute approximate surface area is 116 Å². The van der Waals surface area contributed by atoms with E-state index in [1.54, 1.807) is 0 Å². The predicted octanol–water partition coefficient (Wildman–Crippen LogP) is 1.12. The number of piperidine rings is 1. The van der Waals surface area contributed by atoms with Crippen molar-refractivity contribution in [1.82, 2.24) is 15.5 Å². The van der Waals surface area contributed by atoms with Crippen LogP contribution in [0, 0.1) is 5.92 Å². The first kappa shape index (κ1) is 13.4. The zero-order chi connectivity index (χ0) is 13.1. The van der Waals surface area contributed by atoms with Crippen LogP contribution in [0.5, 0.6) is 0 Å². The van der Waals surface area contributed by atoms with Crippen molar-refractivity contribution in [3.63, 3.8) is 0 Å². The fourth-order valence-corrected chi connectivity index (χ4v) is 3.48. The van der Waals surface area contributed by atoms with Crippen LogP contribution in [0.15, 0.2) is 0 Å². The highest BCUT2D eigenvalue weighted by Gasteiger charge is 2.34. The van der Waals surface area contributed by atoms with Gasteiger partial charge in [0.1, 0.15) is 0 Å². The number of rotatable bonds is 5. The minimum atomic E-state index is 0.279. The maximum atomic E-state index is 12.0. The summed E-state index contributed by atoms with van der Waals surface area (Å²) < 4.78 is 0. The Balaban J connectivity index is 1.32. The van der Waals surface area contributed by atoms with Crippen LogP contribution in [0.2, 0.25) is 0 Å². The summed E-state index contributed by atoms with van der Waals surface area (Å²) in [5, 5.41) is 6.61. The van der Waals surface area contributed by atoms with Crippen LogP contribution >= 0.6 is 0 Å². The quantitative estimate of drug-likeness (QED) is 0.783. The number of hydrogen-bond donors (Lipinski definition) is 2. The minimum absolute atomic E-state index is 0.279. The average molecular weight is 265 g/mol. The Morgan fingerprint density at radius 3 is 2.68 bits per heavy atom. The lowest BCUT2D eigenvalue weighted by atomic mass is 9.93. The molecule has 0 radical (unpaired) electrons. The van der Waals surface area contributed by atoms with E-state index in [9.17, 15) is 4.79 Å². The molecule has 3 fully saturated rings. The molecule has 4 heteroatoms. The van der Waals surface area contributed by atoms with Crippen LogP contribution in [0.25, 0.3) is 0 Å². The lowest BCUT2D eigenvalue weighted by molar-refractivity contribution is -0.122. The van der Waals surface area contributed by atoms with Gasteiger partial charge in [-0.05, 0) is 57.5 Å². The van der Waals surface area contributed by atoms with Gasteiger partial charge in [-0.2, -0.15) is 0 Å². The zero-order valence-corrected chi connectivity index (χ0v) is 11.9. The van der Waals surface area contributed by atoms with Crippen LogP contribution in [-0.2, 0) is 4.79 Å². The van der Waals surface area contributed by atoms with Gasteiger partial charge in [-0.25, -0.2) is 0 Å². The molecule has 2 N–H and O–H groups in total. The largest absolute Gasteiger partial charge is 0.352 e. The van der Waals surface area contributed by atoms with Gasteiger partial charge in [0.05, 0.1) is 0 Å². The number of nitrogens with one attached hydrogen (secondary N) is 2. The van der Waals surface area contributed by atoms with Crippen molar-refractivity contribution in [3.8, 4) is 0 Å². The van der Waals surface area contributed by atoms with Gasteiger partial charge in [0, 0.05) is 31.6 Å². The van der Waals surface area contributed by atoms with Crippen molar-refractivity contribution in [3.05, 3.63) is 0 Å². The molecular weight excluding hydrogens is 238 g/mol. The summed E-state index contributed by atoms with van der Waals surface area (Å²) >= 11 is 0. The zero-order valence-electron chi connectivity index (χ0n) is 11.9. The molecule has 108 valence electrons. The molecule has 3 rings (SSSR count). The van der Waals surface area contributed by atoms with Gasteiger partial charge in [0.2, 0.25) is 5.91 Å². The van der Waals surface area contributed by atoms with Crippen molar-refractivity contribution in [1.29, 1.82) is 0 Å². The fourth-order valence-electron chi connectivity index (χ4n) is 3.48. The molecule has 1 unspecified atom stereocenters. The van der Waals surface area contributed by atoms with Gasteiger partial charge in [-0.15, -0.1) is 0 Å². The molecule has 1 amide bonds. The van der Waals surface area contributed by atoms with Crippen LogP contribution in [0.3, 0.4) is 0 Å². The van der Waals surface area contributed by atoms with Gasteiger partial charge in [0.25, 0.3) is 0 Å². The lowest BCUT2D eigenvalue weighted by Crippen LogP contribution is -2.37. The molecule has 0 spiro atoms. The smallest absolute Gasteiger partial charge is 0.220 e. The molecule has 2 heterocycles. The lowest BCUT2D eigenvalue weighted by Gasteiger charge is -2.22. The number of amides is 1. The predicted molar refractivity (Wildman–Crippen MR) is 76.0 cm³/mol.